The number of nitrogens with one attached hydrogen (secondary N) is 1. The number of hydrogen-bond donors (Lipinski definition) is 1. The summed E-state index contributed by atoms with van der Waals surface area (Å²) < 4.78 is 16.1. The molecular weight excluding hydrogens is 378 g/mol. The SMILES string of the molecule is COc1cc(/C=C/C(=O)NCCc2ccc(OC(C)C)cc2)cc(Cl)c1OC. The Balaban J connectivity index is 1.86. The lowest BCUT2D eigenvalue weighted by Crippen LogP contribution is -2.23. The maximum Gasteiger partial charge on any atom is 0.244 e. The molecular formula is C22H26ClNO4. The van der Waals surface area contributed by atoms with Gasteiger partial charge >= 0.3 is 0 Å². The molecule has 0 radical (unpaired) electrons. The first-order chi connectivity index (χ1) is 13.4. The molecule has 28 heavy (non-hydrogen) atoms. The summed E-state index contributed by atoms with van der Waals surface area (Å²) in [6.07, 6.45) is 4.04. The van der Waals surface area contributed by atoms with E-state index in [4.69, 9.17) is 25.8 Å². The standard InChI is InChI=1S/C22H26ClNO4/c1-15(2)28-18-8-5-16(6-9-18)11-12-24-21(25)10-7-17-13-19(23)22(27-4)20(14-17)26-3/h5-10,13-15H,11-12H2,1-4H3,(H,24,25)/b10-7+. The van der Waals surface area contributed by atoms with Crippen LogP contribution in [0.5, 0.6) is 17.2 Å². The molecule has 0 unspecified atom stereocenters. The Morgan fingerprint density at radius 1 is 1.14 bits per heavy atom. The summed E-state index contributed by atoms with van der Waals surface area (Å²) in [4.78, 5) is 12.0. The van der Waals surface area contributed by atoms with Crippen LogP contribution in [0.15, 0.2) is 42.5 Å². The monoisotopic (exact) mass is 403 g/mol. The van der Waals surface area contributed by atoms with E-state index >= 15 is 0 Å². The van der Waals surface area contributed by atoms with E-state index in [9.17, 15) is 4.79 Å². The zero-order valence-electron chi connectivity index (χ0n) is 16.6. The van der Waals surface area contributed by atoms with Crippen LogP contribution in [0, 0.1) is 0 Å². The average Bonchev–Trinajstić information content (AvgIpc) is 2.66. The number of hydrogen-bond acceptors (Lipinski definition) is 4. The lowest BCUT2D eigenvalue weighted by molar-refractivity contribution is -0.116. The third-order valence-electron chi connectivity index (χ3n) is 3.89. The van der Waals surface area contributed by atoms with E-state index in [1.54, 1.807) is 18.2 Å². The zero-order chi connectivity index (χ0) is 20.5. The molecule has 2 aromatic carbocycles. The number of carbonyl (C=O) groups is 1. The highest BCUT2D eigenvalue weighted by Gasteiger charge is 2.09. The van der Waals surface area contributed by atoms with E-state index in [1.807, 2.05) is 38.1 Å². The Kier molecular flexibility index (Phi) is 8.20. The quantitative estimate of drug-likeness (QED) is 0.625. The van der Waals surface area contributed by atoms with Gasteiger partial charge in [-0.15, -0.1) is 0 Å². The van der Waals surface area contributed by atoms with Gasteiger partial charge < -0.3 is 19.5 Å². The van der Waals surface area contributed by atoms with E-state index in [0.717, 1.165) is 23.3 Å². The first-order valence-corrected chi connectivity index (χ1v) is 9.43. The van der Waals surface area contributed by atoms with Crippen molar-refractivity contribution in [2.24, 2.45) is 0 Å². The Labute approximate surface area is 171 Å². The van der Waals surface area contributed by atoms with Gasteiger partial charge in [0.2, 0.25) is 5.91 Å². The first kappa shape index (κ1) is 21.6. The first-order valence-electron chi connectivity index (χ1n) is 9.06. The molecule has 2 aromatic rings. The third kappa shape index (κ3) is 6.50. The summed E-state index contributed by atoms with van der Waals surface area (Å²) in [5.74, 6) is 1.65. The summed E-state index contributed by atoms with van der Waals surface area (Å²) >= 11 is 6.17. The van der Waals surface area contributed by atoms with Gasteiger partial charge in [0.15, 0.2) is 11.5 Å². The summed E-state index contributed by atoms with van der Waals surface area (Å²) in [5, 5.41) is 3.29. The van der Waals surface area contributed by atoms with Gasteiger partial charge in [-0.05, 0) is 61.7 Å². The Morgan fingerprint density at radius 2 is 1.86 bits per heavy atom. The number of ether oxygens (including phenoxy) is 3. The minimum absolute atomic E-state index is 0.150. The number of halogens is 1. The molecule has 6 heteroatoms. The van der Waals surface area contributed by atoms with Crippen molar-refractivity contribution in [2.75, 3.05) is 20.8 Å². The Hall–Kier alpha value is -2.66. The maximum atomic E-state index is 12.0. The maximum absolute atomic E-state index is 12.0. The summed E-state index contributed by atoms with van der Waals surface area (Å²) in [6, 6.07) is 11.4. The predicted molar refractivity (Wildman–Crippen MR) is 113 cm³/mol. The smallest absolute Gasteiger partial charge is 0.244 e. The van der Waals surface area contributed by atoms with Crippen molar-refractivity contribution in [1.82, 2.24) is 5.32 Å². The van der Waals surface area contributed by atoms with E-state index < -0.39 is 0 Å². The van der Waals surface area contributed by atoms with Crippen molar-refractivity contribution < 1.29 is 19.0 Å². The van der Waals surface area contributed by atoms with Crippen LogP contribution in [-0.4, -0.2) is 32.8 Å². The van der Waals surface area contributed by atoms with E-state index in [1.165, 1.54) is 20.3 Å². The second-order valence-electron chi connectivity index (χ2n) is 6.42. The predicted octanol–water partition coefficient (Wildman–Crippen LogP) is 4.52. The van der Waals surface area contributed by atoms with Crippen molar-refractivity contribution in [3.63, 3.8) is 0 Å². The molecule has 5 nitrogen and oxygen atoms in total. The van der Waals surface area contributed by atoms with Gasteiger partial charge in [0.05, 0.1) is 25.3 Å². The molecule has 0 saturated carbocycles. The molecule has 0 spiro atoms. The molecule has 0 atom stereocenters. The molecule has 150 valence electrons. The second-order valence-corrected chi connectivity index (χ2v) is 6.83. The molecule has 2 rings (SSSR count). The average molecular weight is 404 g/mol. The number of amides is 1. The zero-order valence-corrected chi connectivity index (χ0v) is 17.4. The van der Waals surface area contributed by atoms with Crippen LogP contribution in [0.2, 0.25) is 5.02 Å². The lowest BCUT2D eigenvalue weighted by atomic mass is 10.1. The molecule has 0 saturated heterocycles. The van der Waals surface area contributed by atoms with Gasteiger partial charge in [-0.1, -0.05) is 23.7 Å². The molecule has 0 bridgehead atoms. The van der Waals surface area contributed by atoms with Gasteiger partial charge in [0, 0.05) is 12.6 Å². The molecule has 0 aliphatic carbocycles. The fourth-order valence-corrected chi connectivity index (χ4v) is 2.90. The van der Waals surface area contributed by atoms with E-state index in [2.05, 4.69) is 5.32 Å². The highest BCUT2D eigenvalue weighted by molar-refractivity contribution is 6.32. The Morgan fingerprint density at radius 3 is 2.46 bits per heavy atom. The van der Waals surface area contributed by atoms with Gasteiger partial charge in [0.1, 0.15) is 5.75 Å². The van der Waals surface area contributed by atoms with Crippen molar-refractivity contribution in [3.8, 4) is 17.2 Å². The highest BCUT2D eigenvalue weighted by Crippen LogP contribution is 2.36. The van der Waals surface area contributed by atoms with Crippen LogP contribution in [0.25, 0.3) is 6.08 Å². The molecule has 1 N–H and O–H groups in total. The fourth-order valence-electron chi connectivity index (χ4n) is 2.60. The summed E-state index contributed by atoms with van der Waals surface area (Å²) in [5.41, 5.74) is 1.88. The largest absolute Gasteiger partial charge is 0.493 e. The topological polar surface area (TPSA) is 56.8 Å². The Bertz CT molecular complexity index is 816. The van der Waals surface area contributed by atoms with Gasteiger partial charge in [-0.3, -0.25) is 4.79 Å². The molecule has 0 aliphatic rings. The van der Waals surface area contributed by atoms with Crippen molar-refractivity contribution in [1.29, 1.82) is 0 Å². The van der Waals surface area contributed by atoms with Gasteiger partial charge in [-0.2, -0.15) is 0 Å². The van der Waals surface area contributed by atoms with Crippen molar-refractivity contribution >= 4 is 23.6 Å². The van der Waals surface area contributed by atoms with E-state index in [0.29, 0.717) is 23.1 Å². The molecule has 0 fully saturated rings. The number of carbonyl (C=O) groups excluding carboxylic acids is 1. The lowest BCUT2D eigenvalue weighted by Gasteiger charge is -2.10. The number of benzene rings is 2. The summed E-state index contributed by atoms with van der Waals surface area (Å²) in [6.45, 7) is 4.53. The van der Waals surface area contributed by atoms with Crippen LogP contribution < -0.4 is 19.5 Å². The van der Waals surface area contributed by atoms with Crippen molar-refractivity contribution in [3.05, 3.63) is 58.6 Å². The van der Waals surface area contributed by atoms with Crippen molar-refractivity contribution in [2.45, 2.75) is 26.4 Å². The highest BCUT2D eigenvalue weighted by atomic mass is 35.5. The van der Waals surface area contributed by atoms with Gasteiger partial charge in [0.25, 0.3) is 0 Å². The van der Waals surface area contributed by atoms with Crippen LogP contribution in [0.4, 0.5) is 0 Å². The number of methoxy groups -OCH3 is 2. The molecule has 0 aromatic heterocycles. The van der Waals surface area contributed by atoms with Gasteiger partial charge in [-0.25, -0.2) is 0 Å². The van der Waals surface area contributed by atoms with Crippen LogP contribution in [0.1, 0.15) is 25.0 Å². The second kappa shape index (κ2) is 10.6. The molecule has 0 heterocycles. The minimum Gasteiger partial charge on any atom is -0.493 e. The molecule has 1 amide bonds. The molecule has 0 aliphatic heterocycles. The van der Waals surface area contributed by atoms with Crippen LogP contribution in [0.3, 0.4) is 0 Å². The fraction of sp³-hybridized carbons (Fsp3) is 0.318. The summed E-state index contributed by atoms with van der Waals surface area (Å²) in [7, 11) is 3.06. The third-order valence-corrected chi connectivity index (χ3v) is 4.17. The number of rotatable bonds is 9. The van der Waals surface area contributed by atoms with Crippen LogP contribution in [-0.2, 0) is 11.2 Å². The van der Waals surface area contributed by atoms with Crippen LogP contribution >= 0.6 is 11.6 Å². The minimum atomic E-state index is -0.175. The normalized spacial score (nSPS) is 10.9. The van der Waals surface area contributed by atoms with E-state index in [-0.39, 0.29) is 12.0 Å².